The van der Waals surface area contributed by atoms with Crippen molar-refractivity contribution in [2.45, 2.75) is 0 Å². The van der Waals surface area contributed by atoms with Crippen molar-refractivity contribution in [3.8, 4) is 5.69 Å². The quantitative estimate of drug-likeness (QED) is 0.504. The van der Waals surface area contributed by atoms with E-state index < -0.39 is 5.96 Å². The predicted molar refractivity (Wildman–Crippen MR) is 112 cm³/mol. The normalized spacial score (nSPS) is 13.1. The van der Waals surface area contributed by atoms with Gasteiger partial charge in [-0.2, -0.15) is 0 Å². The Kier molecular flexibility index (Phi) is 4.14. The van der Waals surface area contributed by atoms with E-state index in [4.69, 9.17) is 11.2 Å². The van der Waals surface area contributed by atoms with E-state index in [0.717, 1.165) is 21.6 Å². The van der Waals surface area contributed by atoms with E-state index in [9.17, 15) is 0 Å². The number of para-hydroxylation sites is 1. The van der Waals surface area contributed by atoms with Crippen LogP contribution in [-0.4, -0.2) is 21.4 Å². The van der Waals surface area contributed by atoms with Gasteiger partial charge < -0.3 is 0 Å². The van der Waals surface area contributed by atoms with Crippen molar-refractivity contribution in [2.24, 2.45) is 0 Å². The summed E-state index contributed by atoms with van der Waals surface area (Å²) >= 11 is 7.76. The van der Waals surface area contributed by atoms with Crippen molar-refractivity contribution in [2.75, 3.05) is 6.66 Å². The third-order valence-electron chi connectivity index (χ3n) is 4.86. The standard InChI is InChI=1S/C21H19ClN3P/c1-26(22,18-10-4-2-5-11-18,19-12-6-3-7-13-19)21-15-9-8-14-20(21)25-17-23-16-24-25/h2-17H,1H3. The summed E-state index contributed by atoms with van der Waals surface area (Å²) in [5.74, 6) is -3.20. The molecule has 0 N–H and O–H groups in total. The Morgan fingerprint density at radius 2 is 1.31 bits per heavy atom. The number of aromatic nitrogens is 3. The zero-order valence-electron chi connectivity index (χ0n) is 14.4. The molecule has 0 aliphatic heterocycles. The van der Waals surface area contributed by atoms with Crippen molar-refractivity contribution < 1.29 is 0 Å². The van der Waals surface area contributed by atoms with Gasteiger partial charge >= 0.3 is 158 Å². The van der Waals surface area contributed by atoms with Crippen molar-refractivity contribution in [1.82, 2.24) is 14.8 Å². The summed E-state index contributed by atoms with van der Waals surface area (Å²) in [6.45, 7) is 2.19. The molecule has 5 heteroatoms. The van der Waals surface area contributed by atoms with Crippen molar-refractivity contribution >= 4 is 33.1 Å². The van der Waals surface area contributed by atoms with Crippen LogP contribution >= 0.6 is 17.2 Å². The van der Waals surface area contributed by atoms with E-state index >= 15 is 0 Å². The summed E-state index contributed by atoms with van der Waals surface area (Å²) in [4.78, 5) is 4.11. The number of hydrogen-bond acceptors (Lipinski definition) is 2. The predicted octanol–water partition coefficient (Wildman–Crippen LogP) is 3.88. The number of halogens is 1. The summed E-state index contributed by atoms with van der Waals surface area (Å²) in [6, 6.07) is 28.9. The van der Waals surface area contributed by atoms with E-state index in [1.165, 1.54) is 0 Å². The third-order valence-corrected chi connectivity index (χ3v) is 11.2. The molecule has 0 aliphatic rings. The maximum absolute atomic E-state index is 7.76. The minimum absolute atomic E-state index is 0.952. The molecule has 0 aliphatic carbocycles. The van der Waals surface area contributed by atoms with Crippen molar-refractivity contribution in [3.05, 3.63) is 97.6 Å². The molecule has 0 fully saturated rings. The van der Waals surface area contributed by atoms with Gasteiger partial charge in [0.1, 0.15) is 0 Å². The summed E-state index contributed by atoms with van der Waals surface area (Å²) < 4.78 is 1.79. The number of hydrogen-bond donors (Lipinski definition) is 0. The molecule has 0 amide bonds. The molecule has 26 heavy (non-hydrogen) atoms. The van der Waals surface area contributed by atoms with E-state index in [2.05, 4.69) is 47.1 Å². The Bertz CT molecular complexity index is 972. The van der Waals surface area contributed by atoms with Gasteiger partial charge in [-0.25, -0.2) is 0 Å². The molecule has 0 saturated carbocycles. The second-order valence-corrected chi connectivity index (χ2v) is 13.3. The molecule has 4 rings (SSSR count). The first-order chi connectivity index (χ1) is 12.6. The number of rotatable bonds is 4. The maximum atomic E-state index is 7.76. The van der Waals surface area contributed by atoms with Crippen LogP contribution in [0.5, 0.6) is 0 Å². The molecule has 3 nitrogen and oxygen atoms in total. The molecule has 0 bridgehead atoms. The van der Waals surface area contributed by atoms with E-state index in [-0.39, 0.29) is 0 Å². The Morgan fingerprint density at radius 3 is 1.85 bits per heavy atom. The first-order valence-electron chi connectivity index (χ1n) is 8.39. The second kappa shape index (κ2) is 6.35. The number of nitrogens with zero attached hydrogens (tertiary/aromatic N) is 3. The molecule has 4 aromatic rings. The molecule has 0 unspecified atom stereocenters. The Balaban J connectivity index is 2.10. The average Bonchev–Trinajstić information content (AvgIpc) is 3.24. The fourth-order valence-electron chi connectivity index (χ4n) is 3.43. The Morgan fingerprint density at radius 1 is 0.769 bits per heavy atom. The summed E-state index contributed by atoms with van der Waals surface area (Å²) in [7, 11) is 0. The molecular weight excluding hydrogens is 361 g/mol. The first-order valence-corrected chi connectivity index (χ1v) is 12.0. The summed E-state index contributed by atoms with van der Waals surface area (Å²) in [5, 5.41) is 7.67. The van der Waals surface area contributed by atoms with Gasteiger partial charge in [0.2, 0.25) is 0 Å². The molecule has 1 aromatic heterocycles. The van der Waals surface area contributed by atoms with Crippen LogP contribution in [0.25, 0.3) is 5.69 Å². The summed E-state index contributed by atoms with van der Waals surface area (Å²) in [6.07, 6.45) is 3.25. The van der Waals surface area contributed by atoms with Crippen LogP contribution in [0.3, 0.4) is 0 Å². The van der Waals surface area contributed by atoms with E-state index in [1.807, 2.05) is 54.6 Å². The zero-order chi connectivity index (χ0) is 18.1. The molecule has 130 valence electrons. The van der Waals surface area contributed by atoms with Gasteiger partial charge in [-0.15, -0.1) is 0 Å². The van der Waals surface area contributed by atoms with Crippen LogP contribution in [0.1, 0.15) is 0 Å². The van der Waals surface area contributed by atoms with Crippen LogP contribution in [0.15, 0.2) is 97.6 Å². The summed E-state index contributed by atoms with van der Waals surface area (Å²) in [5.41, 5.74) is 0.952. The SMILES string of the molecule is CP(Cl)(c1ccccc1)(c1ccccc1)c1ccccc1-n1cncn1. The van der Waals surface area contributed by atoms with Gasteiger partial charge in [0.15, 0.2) is 0 Å². The number of benzene rings is 3. The fraction of sp³-hybridized carbons (Fsp3) is 0.0476. The molecule has 3 aromatic carbocycles. The Hall–Kier alpha value is -2.48. The van der Waals surface area contributed by atoms with Gasteiger partial charge in [0.25, 0.3) is 0 Å². The van der Waals surface area contributed by atoms with Crippen LogP contribution in [-0.2, 0) is 0 Å². The topological polar surface area (TPSA) is 30.7 Å². The van der Waals surface area contributed by atoms with Gasteiger partial charge in [-0.1, -0.05) is 0 Å². The molecule has 0 atom stereocenters. The molecule has 0 spiro atoms. The first kappa shape index (κ1) is 17.0. The van der Waals surface area contributed by atoms with Crippen LogP contribution in [0.2, 0.25) is 0 Å². The van der Waals surface area contributed by atoms with Crippen LogP contribution in [0.4, 0.5) is 0 Å². The average molecular weight is 380 g/mol. The third kappa shape index (κ3) is 2.56. The van der Waals surface area contributed by atoms with Crippen molar-refractivity contribution in [3.63, 3.8) is 0 Å². The monoisotopic (exact) mass is 379 g/mol. The second-order valence-electron chi connectivity index (χ2n) is 6.43. The van der Waals surface area contributed by atoms with Crippen molar-refractivity contribution in [1.29, 1.82) is 0 Å². The fourth-order valence-corrected chi connectivity index (χ4v) is 8.32. The van der Waals surface area contributed by atoms with Gasteiger partial charge in [-0.05, 0) is 0 Å². The van der Waals surface area contributed by atoms with E-state index in [0.29, 0.717) is 0 Å². The zero-order valence-corrected chi connectivity index (χ0v) is 16.1. The molecular formula is C21H19ClN3P. The molecule has 0 radical (unpaired) electrons. The van der Waals surface area contributed by atoms with Crippen LogP contribution in [0, 0.1) is 0 Å². The minimum atomic E-state index is -3.20. The Labute approximate surface area is 158 Å². The molecule has 0 saturated heterocycles. The van der Waals surface area contributed by atoms with Crippen LogP contribution < -0.4 is 15.9 Å². The van der Waals surface area contributed by atoms with Gasteiger partial charge in [0.05, 0.1) is 0 Å². The van der Waals surface area contributed by atoms with E-state index in [1.54, 1.807) is 17.3 Å². The molecule has 1 heterocycles. The van der Waals surface area contributed by atoms with Gasteiger partial charge in [-0.3, -0.25) is 0 Å². The van der Waals surface area contributed by atoms with Gasteiger partial charge in [0, 0.05) is 0 Å².